The van der Waals surface area contributed by atoms with Gasteiger partial charge in [-0.2, -0.15) is 5.10 Å². The number of rotatable bonds is 2. The highest BCUT2D eigenvalue weighted by atomic mass is 35.5. The lowest BCUT2D eigenvalue weighted by Gasteiger charge is -2.18. The second-order valence-corrected chi connectivity index (χ2v) is 5.06. The Bertz CT molecular complexity index is 379. The highest BCUT2D eigenvalue weighted by molar-refractivity contribution is 6.30. The molecule has 1 atom stereocenters. The van der Waals surface area contributed by atoms with Crippen LogP contribution in [0.15, 0.2) is 6.20 Å². The summed E-state index contributed by atoms with van der Waals surface area (Å²) in [4.78, 5) is 11.0. The van der Waals surface area contributed by atoms with Gasteiger partial charge in [0, 0.05) is 24.2 Å². The van der Waals surface area contributed by atoms with Crippen LogP contribution in [-0.2, 0) is 17.3 Å². The van der Waals surface area contributed by atoms with Gasteiger partial charge in [-0.1, -0.05) is 20.8 Å². The molecule has 0 bridgehead atoms. The number of nitrogens with zero attached hydrogens (tertiary/aromatic N) is 2. The third-order valence-electron chi connectivity index (χ3n) is 2.09. The van der Waals surface area contributed by atoms with Crippen molar-refractivity contribution >= 4 is 17.5 Å². The number of amides is 1. The monoisotopic (exact) mass is 229 g/mol. The third-order valence-corrected chi connectivity index (χ3v) is 2.54. The van der Waals surface area contributed by atoms with E-state index in [1.54, 1.807) is 17.9 Å². The van der Waals surface area contributed by atoms with Gasteiger partial charge >= 0.3 is 0 Å². The van der Waals surface area contributed by atoms with Crippen molar-refractivity contribution in [2.24, 2.45) is 12.8 Å². The molecule has 1 aromatic heterocycles. The lowest BCUT2D eigenvalue weighted by molar-refractivity contribution is -0.117. The van der Waals surface area contributed by atoms with Crippen LogP contribution >= 0.6 is 11.6 Å². The number of aryl methyl sites for hydroxylation is 1. The summed E-state index contributed by atoms with van der Waals surface area (Å²) < 4.78 is 1.65. The Morgan fingerprint density at radius 3 is 2.53 bits per heavy atom. The van der Waals surface area contributed by atoms with Crippen molar-refractivity contribution < 1.29 is 4.79 Å². The number of hydrogen-bond acceptors (Lipinski definition) is 2. The molecule has 4 nitrogen and oxygen atoms in total. The summed E-state index contributed by atoms with van der Waals surface area (Å²) in [6, 6.07) is 0. The fourth-order valence-electron chi connectivity index (χ4n) is 1.43. The van der Waals surface area contributed by atoms with Crippen molar-refractivity contribution in [2.45, 2.75) is 31.6 Å². The van der Waals surface area contributed by atoms with Crippen molar-refractivity contribution in [1.82, 2.24) is 9.78 Å². The summed E-state index contributed by atoms with van der Waals surface area (Å²) in [5.74, 6) is -0.546. The first-order valence-electron chi connectivity index (χ1n) is 4.71. The van der Waals surface area contributed by atoms with Gasteiger partial charge in [-0.3, -0.25) is 9.48 Å². The number of nitrogens with two attached hydrogens (primary N) is 1. The zero-order valence-corrected chi connectivity index (χ0v) is 10.2. The van der Waals surface area contributed by atoms with Gasteiger partial charge in [-0.25, -0.2) is 0 Å². The zero-order chi connectivity index (χ0) is 11.8. The largest absolute Gasteiger partial charge is 0.368 e. The molecule has 0 aliphatic rings. The van der Waals surface area contributed by atoms with E-state index in [1.807, 2.05) is 20.8 Å². The van der Waals surface area contributed by atoms with Crippen LogP contribution in [0.5, 0.6) is 0 Å². The number of primary amides is 1. The predicted molar refractivity (Wildman–Crippen MR) is 59.7 cm³/mol. The first kappa shape index (κ1) is 12.0. The van der Waals surface area contributed by atoms with Crippen LogP contribution < -0.4 is 5.73 Å². The van der Waals surface area contributed by atoms with Crippen LogP contribution in [0.25, 0.3) is 0 Å². The highest BCUT2D eigenvalue weighted by Gasteiger charge is 2.27. The van der Waals surface area contributed by atoms with Gasteiger partial charge in [-0.05, 0) is 0 Å². The molecule has 0 spiro atoms. The second kappa shape index (κ2) is 3.85. The number of halogens is 1. The molecule has 0 saturated heterocycles. The van der Waals surface area contributed by atoms with E-state index in [0.717, 1.165) is 5.69 Å². The van der Waals surface area contributed by atoms with Gasteiger partial charge in [-0.15, -0.1) is 11.6 Å². The molecule has 5 heteroatoms. The van der Waals surface area contributed by atoms with Crippen LogP contribution in [0, 0.1) is 0 Å². The highest BCUT2D eigenvalue weighted by Crippen LogP contribution is 2.31. The Labute approximate surface area is 94.4 Å². The summed E-state index contributed by atoms with van der Waals surface area (Å²) >= 11 is 5.94. The van der Waals surface area contributed by atoms with Crippen LogP contribution in [0.3, 0.4) is 0 Å². The maximum atomic E-state index is 11.0. The van der Waals surface area contributed by atoms with E-state index in [-0.39, 0.29) is 5.41 Å². The van der Waals surface area contributed by atoms with E-state index >= 15 is 0 Å². The SMILES string of the molecule is Cn1cc(C(Cl)C(N)=O)c(C(C)(C)C)n1. The Hall–Kier alpha value is -1.03. The van der Waals surface area contributed by atoms with E-state index in [9.17, 15) is 4.79 Å². The van der Waals surface area contributed by atoms with E-state index in [2.05, 4.69) is 5.10 Å². The Morgan fingerprint density at radius 2 is 2.13 bits per heavy atom. The molecule has 1 rings (SSSR count). The van der Waals surface area contributed by atoms with Gasteiger partial charge in [0.1, 0.15) is 5.38 Å². The van der Waals surface area contributed by atoms with Gasteiger partial charge in [0.15, 0.2) is 0 Å². The third kappa shape index (κ3) is 2.50. The fourth-order valence-corrected chi connectivity index (χ4v) is 1.59. The molecule has 0 aromatic carbocycles. The van der Waals surface area contributed by atoms with Crippen LogP contribution in [0.4, 0.5) is 0 Å². The number of carbonyl (C=O) groups excluding carboxylic acids is 1. The summed E-state index contributed by atoms with van der Waals surface area (Å²) in [5, 5.41) is 3.50. The molecule has 0 fully saturated rings. The Morgan fingerprint density at radius 1 is 1.60 bits per heavy atom. The molecular weight excluding hydrogens is 214 g/mol. The molecular formula is C10H16ClN3O. The van der Waals surface area contributed by atoms with E-state index in [1.165, 1.54) is 0 Å². The normalized spacial score (nSPS) is 13.9. The molecule has 84 valence electrons. The van der Waals surface area contributed by atoms with Crippen molar-refractivity contribution in [3.8, 4) is 0 Å². The molecule has 1 amide bonds. The minimum atomic E-state index is -0.812. The number of aromatic nitrogens is 2. The summed E-state index contributed by atoms with van der Waals surface area (Å²) in [6.07, 6.45) is 1.74. The van der Waals surface area contributed by atoms with E-state index in [0.29, 0.717) is 5.56 Å². The molecule has 1 aromatic rings. The Kier molecular flexibility index (Phi) is 3.09. The molecule has 15 heavy (non-hydrogen) atoms. The molecule has 0 aliphatic carbocycles. The first-order valence-corrected chi connectivity index (χ1v) is 5.14. The Balaban J connectivity index is 3.24. The number of carbonyl (C=O) groups is 1. The van der Waals surface area contributed by atoms with Crippen LogP contribution in [0.2, 0.25) is 0 Å². The molecule has 2 N–H and O–H groups in total. The zero-order valence-electron chi connectivity index (χ0n) is 9.41. The smallest absolute Gasteiger partial charge is 0.240 e. The lowest BCUT2D eigenvalue weighted by atomic mass is 9.88. The van der Waals surface area contributed by atoms with Crippen LogP contribution in [-0.4, -0.2) is 15.7 Å². The van der Waals surface area contributed by atoms with Crippen LogP contribution in [0.1, 0.15) is 37.4 Å². The maximum Gasteiger partial charge on any atom is 0.240 e. The van der Waals surface area contributed by atoms with Crippen molar-refractivity contribution in [2.75, 3.05) is 0 Å². The van der Waals surface area contributed by atoms with Gasteiger partial charge in [0.25, 0.3) is 0 Å². The van der Waals surface area contributed by atoms with Gasteiger partial charge < -0.3 is 5.73 Å². The minimum Gasteiger partial charge on any atom is -0.368 e. The summed E-state index contributed by atoms with van der Waals surface area (Å²) in [5.41, 5.74) is 6.53. The van der Waals surface area contributed by atoms with Crippen molar-refractivity contribution in [1.29, 1.82) is 0 Å². The summed E-state index contributed by atoms with van der Waals surface area (Å²) in [7, 11) is 1.79. The molecule has 0 radical (unpaired) electrons. The molecule has 1 heterocycles. The van der Waals surface area contributed by atoms with E-state index in [4.69, 9.17) is 17.3 Å². The standard InChI is InChI=1S/C10H16ClN3O/c1-10(2,3)8-6(5-14(4)13-8)7(11)9(12)15/h5,7H,1-4H3,(H2,12,15). The number of hydrogen-bond donors (Lipinski definition) is 1. The van der Waals surface area contributed by atoms with Gasteiger partial charge in [0.05, 0.1) is 5.69 Å². The second-order valence-electron chi connectivity index (χ2n) is 4.62. The van der Waals surface area contributed by atoms with Crippen molar-refractivity contribution in [3.05, 3.63) is 17.5 Å². The van der Waals surface area contributed by atoms with Crippen molar-refractivity contribution in [3.63, 3.8) is 0 Å². The average molecular weight is 230 g/mol. The quantitative estimate of drug-likeness (QED) is 0.781. The number of alkyl halides is 1. The first-order chi connectivity index (χ1) is 6.73. The lowest BCUT2D eigenvalue weighted by Crippen LogP contribution is -2.21. The fraction of sp³-hybridized carbons (Fsp3) is 0.600. The molecule has 0 aliphatic heterocycles. The molecule has 1 unspecified atom stereocenters. The maximum absolute atomic E-state index is 11.0. The minimum absolute atomic E-state index is 0.154. The predicted octanol–water partition coefficient (Wildman–Crippen LogP) is 1.48. The average Bonchev–Trinajstić information content (AvgIpc) is 2.44. The van der Waals surface area contributed by atoms with E-state index < -0.39 is 11.3 Å². The summed E-state index contributed by atoms with van der Waals surface area (Å²) in [6.45, 7) is 6.05. The molecule has 0 saturated carbocycles. The topological polar surface area (TPSA) is 60.9 Å². The van der Waals surface area contributed by atoms with Gasteiger partial charge in [0.2, 0.25) is 5.91 Å².